The van der Waals surface area contributed by atoms with E-state index in [0.717, 1.165) is 9.99 Å². The summed E-state index contributed by atoms with van der Waals surface area (Å²) in [6.45, 7) is 2.01. The van der Waals surface area contributed by atoms with E-state index in [1.54, 1.807) is 13.0 Å². The highest BCUT2D eigenvalue weighted by molar-refractivity contribution is 7.99. The van der Waals surface area contributed by atoms with Crippen molar-refractivity contribution in [3.05, 3.63) is 47.2 Å². The summed E-state index contributed by atoms with van der Waals surface area (Å²) in [4.78, 5) is 12.0. The van der Waals surface area contributed by atoms with Gasteiger partial charge in [-0.25, -0.2) is 10.2 Å². The summed E-state index contributed by atoms with van der Waals surface area (Å²) in [5.74, 6) is 0.531. The normalized spacial score (nSPS) is 10.8. The van der Waals surface area contributed by atoms with Gasteiger partial charge >= 0.3 is 6.09 Å². The zero-order chi connectivity index (χ0) is 15.1. The van der Waals surface area contributed by atoms with E-state index in [-0.39, 0.29) is 0 Å². The average molecular weight is 325 g/mol. The highest BCUT2D eigenvalue weighted by Crippen LogP contribution is 2.29. The molecule has 5 nitrogen and oxygen atoms in total. The van der Waals surface area contributed by atoms with Gasteiger partial charge in [0, 0.05) is 9.92 Å². The highest BCUT2D eigenvalue weighted by Gasteiger charge is 2.03. The molecule has 1 amide bonds. The lowest BCUT2D eigenvalue weighted by Gasteiger charge is -1.98. The number of rotatable bonds is 5. The first-order valence-corrected chi connectivity index (χ1v) is 7.36. The van der Waals surface area contributed by atoms with Gasteiger partial charge < -0.3 is 9.15 Å². The molecule has 0 saturated carbocycles. The molecule has 0 unspecified atom stereocenters. The Labute approximate surface area is 131 Å². The molecule has 7 heteroatoms. The molecule has 110 valence electrons. The van der Waals surface area contributed by atoms with E-state index in [1.165, 1.54) is 18.0 Å². The van der Waals surface area contributed by atoms with E-state index in [2.05, 4.69) is 15.3 Å². The number of carbonyl (C=O) groups is 1. The maximum absolute atomic E-state index is 11.0. The predicted octanol–water partition coefficient (Wildman–Crippen LogP) is 4.16. The van der Waals surface area contributed by atoms with E-state index in [1.807, 2.05) is 30.3 Å². The van der Waals surface area contributed by atoms with Gasteiger partial charge in [-0.15, -0.1) is 0 Å². The van der Waals surface area contributed by atoms with Crippen molar-refractivity contribution in [3.63, 3.8) is 0 Å². The largest absolute Gasteiger partial charge is 0.449 e. The van der Waals surface area contributed by atoms with Crippen LogP contribution < -0.4 is 5.43 Å². The van der Waals surface area contributed by atoms with Crippen molar-refractivity contribution in [1.82, 2.24) is 5.43 Å². The lowest BCUT2D eigenvalue weighted by Crippen LogP contribution is -2.18. The first-order valence-electron chi connectivity index (χ1n) is 6.16. The fraction of sp³-hybridized carbons (Fsp3) is 0.143. The Balaban J connectivity index is 1.90. The minimum Gasteiger partial charge on any atom is -0.449 e. The third-order valence-electron chi connectivity index (χ3n) is 2.26. The summed E-state index contributed by atoms with van der Waals surface area (Å²) < 4.78 is 10.2. The monoisotopic (exact) mass is 324 g/mol. The van der Waals surface area contributed by atoms with Gasteiger partial charge in [-0.2, -0.15) is 5.10 Å². The third kappa shape index (κ3) is 5.17. The van der Waals surface area contributed by atoms with Crippen LogP contribution >= 0.6 is 23.4 Å². The fourth-order valence-corrected chi connectivity index (χ4v) is 2.29. The molecule has 21 heavy (non-hydrogen) atoms. The predicted molar refractivity (Wildman–Crippen MR) is 82.0 cm³/mol. The maximum atomic E-state index is 11.0. The molecule has 0 saturated heterocycles. The quantitative estimate of drug-likeness (QED) is 0.662. The Hall–Kier alpha value is -1.92. The van der Waals surface area contributed by atoms with Gasteiger partial charge in [0.05, 0.1) is 12.8 Å². The van der Waals surface area contributed by atoms with Gasteiger partial charge in [0.1, 0.15) is 5.76 Å². The number of nitrogens with zero attached hydrogens (tertiary/aromatic N) is 1. The molecule has 0 atom stereocenters. The van der Waals surface area contributed by atoms with E-state index < -0.39 is 6.09 Å². The van der Waals surface area contributed by atoms with Crippen molar-refractivity contribution < 1.29 is 13.9 Å². The van der Waals surface area contributed by atoms with Crippen molar-refractivity contribution >= 4 is 35.7 Å². The molecule has 0 bridgehead atoms. The lowest BCUT2D eigenvalue weighted by atomic mass is 10.4. The Kier molecular flexibility index (Phi) is 5.71. The van der Waals surface area contributed by atoms with Crippen LogP contribution in [-0.4, -0.2) is 18.9 Å². The number of hydrogen-bond donors (Lipinski definition) is 1. The second kappa shape index (κ2) is 7.75. The first kappa shape index (κ1) is 15.5. The van der Waals surface area contributed by atoms with Crippen molar-refractivity contribution in [3.8, 4) is 0 Å². The Morgan fingerprint density at radius 3 is 2.86 bits per heavy atom. The molecule has 1 N–H and O–H groups in total. The SMILES string of the molecule is CCOC(=O)NN=Cc1ccc(Sc2ccc(Cl)cc2)o1. The summed E-state index contributed by atoms with van der Waals surface area (Å²) in [6, 6.07) is 11.0. The number of ether oxygens (including phenoxy) is 1. The van der Waals surface area contributed by atoms with Gasteiger partial charge in [-0.1, -0.05) is 23.4 Å². The maximum Gasteiger partial charge on any atom is 0.427 e. The van der Waals surface area contributed by atoms with Gasteiger partial charge in [-0.3, -0.25) is 0 Å². The fourth-order valence-electron chi connectivity index (χ4n) is 1.39. The molecule has 0 aliphatic heterocycles. The van der Waals surface area contributed by atoms with Gasteiger partial charge in [0.15, 0.2) is 5.09 Å². The highest BCUT2D eigenvalue weighted by atomic mass is 35.5. The molecule has 2 rings (SSSR count). The average Bonchev–Trinajstić information content (AvgIpc) is 2.89. The van der Waals surface area contributed by atoms with Crippen LogP contribution in [0.1, 0.15) is 12.7 Å². The summed E-state index contributed by atoms with van der Waals surface area (Å²) in [6.07, 6.45) is 0.805. The third-order valence-corrected chi connectivity index (χ3v) is 3.44. The number of hydrazone groups is 1. The van der Waals surface area contributed by atoms with Crippen LogP contribution in [0.5, 0.6) is 0 Å². The summed E-state index contributed by atoms with van der Waals surface area (Å²) in [5, 5.41) is 5.13. The van der Waals surface area contributed by atoms with Crippen molar-refractivity contribution in [2.75, 3.05) is 6.61 Å². The van der Waals surface area contributed by atoms with Gasteiger partial charge in [-0.05, 0) is 43.3 Å². The van der Waals surface area contributed by atoms with E-state index in [9.17, 15) is 4.79 Å². The van der Waals surface area contributed by atoms with Crippen LogP contribution in [0.3, 0.4) is 0 Å². The van der Waals surface area contributed by atoms with E-state index >= 15 is 0 Å². The molecule has 0 radical (unpaired) electrons. The minimum absolute atomic E-state index is 0.296. The number of benzene rings is 1. The topological polar surface area (TPSA) is 63.8 Å². The molecule has 0 aliphatic rings. The molecule has 1 heterocycles. The standard InChI is InChI=1S/C14H13ClN2O3S/c1-2-19-14(18)17-16-9-11-5-8-13(20-11)21-12-6-3-10(15)4-7-12/h3-9H,2H2,1H3,(H,17,18). The Morgan fingerprint density at radius 1 is 1.38 bits per heavy atom. The molecule has 1 aromatic heterocycles. The molecule has 0 fully saturated rings. The van der Waals surface area contributed by atoms with Crippen molar-refractivity contribution in [2.24, 2.45) is 5.10 Å². The number of hydrogen-bond acceptors (Lipinski definition) is 5. The summed E-state index contributed by atoms with van der Waals surface area (Å²) >= 11 is 7.30. The van der Waals surface area contributed by atoms with Crippen molar-refractivity contribution in [1.29, 1.82) is 0 Å². The number of nitrogens with one attached hydrogen (secondary N) is 1. The molecule has 1 aromatic carbocycles. The number of furan rings is 1. The summed E-state index contributed by atoms with van der Waals surface area (Å²) in [5.41, 5.74) is 2.22. The molecule has 0 spiro atoms. The number of halogens is 1. The van der Waals surface area contributed by atoms with E-state index in [4.69, 9.17) is 16.0 Å². The second-order valence-electron chi connectivity index (χ2n) is 3.80. The van der Waals surface area contributed by atoms with Crippen LogP contribution in [0.4, 0.5) is 4.79 Å². The number of carbonyl (C=O) groups excluding carboxylic acids is 1. The van der Waals surface area contributed by atoms with Crippen molar-refractivity contribution in [2.45, 2.75) is 16.9 Å². The smallest absolute Gasteiger partial charge is 0.427 e. The molecule has 2 aromatic rings. The zero-order valence-corrected chi connectivity index (χ0v) is 12.8. The minimum atomic E-state index is -0.601. The van der Waals surface area contributed by atoms with Crippen LogP contribution in [0.15, 0.2) is 55.9 Å². The Bertz CT molecular complexity index is 625. The van der Waals surface area contributed by atoms with Crippen LogP contribution in [0.25, 0.3) is 0 Å². The lowest BCUT2D eigenvalue weighted by molar-refractivity contribution is 0.152. The molecular weight excluding hydrogens is 312 g/mol. The molecule has 0 aliphatic carbocycles. The second-order valence-corrected chi connectivity index (χ2v) is 5.32. The van der Waals surface area contributed by atoms with E-state index in [0.29, 0.717) is 17.4 Å². The van der Waals surface area contributed by atoms with Crippen LogP contribution in [-0.2, 0) is 4.74 Å². The molecular formula is C14H13ClN2O3S. The van der Waals surface area contributed by atoms with Gasteiger partial charge in [0.25, 0.3) is 0 Å². The van der Waals surface area contributed by atoms with Crippen LogP contribution in [0.2, 0.25) is 5.02 Å². The Morgan fingerprint density at radius 2 is 2.14 bits per heavy atom. The van der Waals surface area contributed by atoms with Crippen LogP contribution in [0, 0.1) is 0 Å². The van der Waals surface area contributed by atoms with Gasteiger partial charge in [0.2, 0.25) is 0 Å². The number of amides is 1. The first-order chi connectivity index (χ1) is 10.2. The zero-order valence-electron chi connectivity index (χ0n) is 11.2. The summed E-state index contributed by atoms with van der Waals surface area (Å²) in [7, 11) is 0.